The summed E-state index contributed by atoms with van der Waals surface area (Å²) < 4.78 is 0. The minimum Gasteiger partial charge on any atom is -0.0795 e. The highest BCUT2D eigenvalue weighted by Gasteiger charge is 2.19. The van der Waals surface area contributed by atoms with Gasteiger partial charge in [0.1, 0.15) is 0 Å². The molecule has 2 aliphatic carbocycles. The van der Waals surface area contributed by atoms with Crippen LogP contribution in [0.2, 0.25) is 0 Å². The van der Waals surface area contributed by atoms with Gasteiger partial charge in [-0.3, -0.25) is 0 Å². The standard InChI is InChI=1S/C15H10/c1-3-10-7-8-11-4-2-6-13-9-12(5-1)14(10)15(11)13/h1-3,5-9H,4H2. The van der Waals surface area contributed by atoms with Crippen molar-refractivity contribution in [2.75, 3.05) is 0 Å². The first-order chi connectivity index (χ1) is 7.43. The smallest absolute Gasteiger partial charge is 0.00297 e. The first-order valence-electron chi connectivity index (χ1n) is 5.37. The molecular formula is C15H10. The van der Waals surface area contributed by atoms with Crippen LogP contribution in [0.4, 0.5) is 0 Å². The number of allylic oxidation sites excluding steroid dienone is 3. The predicted octanol–water partition coefficient (Wildman–Crippen LogP) is 3.81. The molecule has 0 fully saturated rings. The number of rotatable bonds is 0. The molecule has 0 radical (unpaired) electrons. The van der Waals surface area contributed by atoms with E-state index in [1.165, 1.54) is 33.0 Å². The molecule has 4 rings (SSSR count). The lowest BCUT2D eigenvalue weighted by atomic mass is 9.91. The molecule has 0 heteroatoms. The fourth-order valence-corrected chi connectivity index (χ4v) is 2.75. The highest BCUT2D eigenvalue weighted by molar-refractivity contribution is 6.12. The average Bonchev–Trinajstić information content (AvgIpc) is 2.66. The Morgan fingerprint density at radius 1 is 1.00 bits per heavy atom. The van der Waals surface area contributed by atoms with Gasteiger partial charge in [-0.1, -0.05) is 42.5 Å². The number of hydrogen-bond donors (Lipinski definition) is 0. The Balaban J connectivity index is 2.30. The Kier molecular flexibility index (Phi) is 1.20. The molecule has 0 heterocycles. The fraction of sp³-hybridized carbons (Fsp3) is 0.0667. The topological polar surface area (TPSA) is 0 Å². The van der Waals surface area contributed by atoms with Gasteiger partial charge in [-0.2, -0.15) is 0 Å². The van der Waals surface area contributed by atoms with Crippen LogP contribution in [-0.2, 0) is 6.42 Å². The quantitative estimate of drug-likeness (QED) is 0.592. The molecule has 70 valence electrons. The second-order valence-electron chi connectivity index (χ2n) is 4.25. The highest BCUT2D eigenvalue weighted by Crippen LogP contribution is 2.41. The van der Waals surface area contributed by atoms with E-state index in [2.05, 4.69) is 48.6 Å². The number of hydrogen-bond acceptors (Lipinski definition) is 0. The van der Waals surface area contributed by atoms with E-state index in [-0.39, 0.29) is 0 Å². The van der Waals surface area contributed by atoms with Crippen molar-refractivity contribution in [2.24, 2.45) is 0 Å². The summed E-state index contributed by atoms with van der Waals surface area (Å²) >= 11 is 0. The molecule has 0 unspecified atom stereocenters. The van der Waals surface area contributed by atoms with Crippen molar-refractivity contribution in [1.82, 2.24) is 0 Å². The second-order valence-corrected chi connectivity index (χ2v) is 4.25. The molecule has 0 saturated heterocycles. The van der Waals surface area contributed by atoms with Crippen LogP contribution in [0.25, 0.3) is 22.4 Å². The lowest BCUT2D eigenvalue weighted by Gasteiger charge is -2.12. The Hall–Kier alpha value is -1.82. The largest absolute Gasteiger partial charge is 0.0795 e. The van der Waals surface area contributed by atoms with Crippen LogP contribution in [0.15, 0.2) is 42.5 Å². The van der Waals surface area contributed by atoms with Crippen molar-refractivity contribution in [2.45, 2.75) is 6.42 Å². The van der Waals surface area contributed by atoms with Gasteiger partial charge in [0.25, 0.3) is 0 Å². The molecule has 0 aromatic heterocycles. The molecule has 15 heavy (non-hydrogen) atoms. The molecule has 0 N–H and O–H groups in total. The molecule has 0 saturated carbocycles. The van der Waals surface area contributed by atoms with Crippen molar-refractivity contribution in [1.29, 1.82) is 0 Å². The van der Waals surface area contributed by atoms with Crippen LogP contribution >= 0.6 is 0 Å². The molecule has 0 aliphatic heterocycles. The van der Waals surface area contributed by atoms with Gasteiger partial charge in [0.2, 0.25) is 0 Å². The monoisotopic (exact) mass is 190 g/mol. The third-order valence-electron chi connectivity index (χ3n) is 3.40. The van der Waals surface area contributed by atoms with Gasteiger partial charge in [-0.05, 0) is 45.5 Å². The molecule has 0 nitrogen and oxygen atoms in total. The summed E-state index contributed by atoms with van der Waals surface area (Å²) in [4.78, 5) is 0. The van der Waals surface area contributed by atoms with Crippen LogP contribution < -0.4 is 0 Å². The maximum absolute atomic E-state index is 2.30. The van der Waals surface area contributed by atoms with E-state index in [1.54, 1.807) is 0 Å². The third-order valence-corrected chi connectivity index (χ3v) is 3.40. The van der Waals surface area contributed by atoms with Gasteiger partial charge in [0, 0.05) is 0 Å². The zero-order valence-corrected chi connectivity index (χ0v) is 8.33. The molecule has 0 bridgehead atoms. The normalized spacial score (nSPS) is 15.9. The summed E-state index contributed by atoms with van der Waals surface area (Å²) in [6.45, 7) is 0. The van der Waals surface area contributed by atoms with E-state index >= 15 is 0 Å². The Morgan fingerprint density at radius 2 is 2.00 bits per heavy atom. The van der Waals surface area contributed by atoms with Crippen molar-refractivity contribution >= 4 is 22.4 Å². The van der Waals surface area contributed by atoms with Crippen molar-refractivity contribution < 1.29 is 0 Å². The lowest BCUT2D eigenvalue weighted by molar-refractivity contribution is 1.25. The summed E-state index contributed by atoms with van der Waals surface area (Å²) in [6.07, 6.45) is 7.89. The summed E-state index contributed by atoms with van der Waals surface area (Å²) in [5.41, 5.74) is 5.72. The summed E-state index contributed by atoms with van der Waals surface area (Å²) in [5, 5.41) is 2.82. The van der Waals surface area contributed by atoms with E-state index < -0.39 is 0 Å². The third kappa shape index (κ3) is 0.822. The summed E-state index contributed by atoms with van der Waals surface area (Å²) in [6, 6.07) is 11.1. The van der Waals surface area contributed by atoms with Crippen molar-refractivity contribution in [3.63, 3.8) is 0 Å². The van der Waals surface area contributed by atoms with Gasteiger partial charge in [-0.15, -0.1) is 0 Å². The first kappa shape index (κ1) is 7.47. The van der Waals surface area contributed by atoms with Gasteiger partial charge in [0.15, 0.2) is 0 Å². The Morgan fingerprint density at radius 3 is 3.00 bits per heavy atom. The summed E-state index contributed by atoms with van der Waals surface area (Å²) in [7, 11) is 0. The van der Waals surface area contributed by atoms with Crippen molar-refractivity contribution in [3.05, 3.63) is 59.2 Å². The van der Waals surface area contributed by atoms with Gasteiger partial charge < -0.3 is 0 Å². The molecule has 0 spiro atoms. The molecule has 2 aromatic carbocycles. The van der Waals surface area contributed by atoms with Gasteiger partial charge in [0.05, 0.1) is 0 Å². The number of benzene rings is 2. The molecule has 0 atom stereocenters. The van der Waals surface area contributed by atoms with Gasteiger partial charge >= 0.3 is 0 Å². The minimum absolute atomic E-state index is 1.08. The van der Waals surface area contributed by atoms with E-state index in [4.69, 9.17) is 0 Å². The zero-order chi connectivity index (χ0) is 9.83. The molecule has 2 aromatic rings. The SMILES string of the molecule is C1=CC2=Cc3cccc4ccc(c2c34)C1. The van der Waals surface area contributed by atoms with Crippen molar-refractivity contribution in [3.8, 4) is 0 Å². The van der Waals surface area contributed by atoms with Crippen LogP contribution in [0.5, 0.6) is 0 Å². The van der Waals surface area contributed by atoms with E-state index in [9.17, 15) is 0 Å². The molecule has 0 amide bonds. The molecular weight excluding hydrogens is 180 g/mol. The average molecular weight is 190 g/mol. The maximum Gasteiger partial charge on any atom is -0.00297 e. The lowest BCUT2D eigenvalue weighted by Crippen LogP contribution is -1.94. The highest BCUT2D eigenvalue weighted by atomic mass is 14.2. The van der Waals surface area contributed by atoms with Crippen LogP contribution in [-0.4, -0.2) is 0 Å². The van der Waals surface area contributed by atoms with Crippen LogP contribution in [0.1, 0.15) is 16.7 Å². The first-order valence-corrected chi connectivity index (χ1v) is 5.37. The Bertz CT molecular complexity index is 642. The van der Waals surface area contributed by atoms with E-state index in [1.807, 2.05) is 0 Å². The zero-order valence-electron chi connectivity index (χ0n) is 8.33. The summed E-state index contributed by atoms with van der Waals surface area (Å²) in [5.74, 6) is 0. The van der Waals surface area contributed by atoms with Gasteiger partial charge in [-0.25, -0.2) is 0 Å². The van der Waals surface area contributed by atoms with Crippen LogP contribution in [0, 0.1) is 0 Å². The van der Waals surface area contributed by atoms with Crippen LogP contribution in [0.3, 0.4) is 0 Å². The second kappa shape index (κ2) is 2.40. The maximum atomic E-state index is 2.30. The molecule has 2 aliphatic rings. The van der Waals surface area contributed by atoms with E-state index in [0.29, 0.717) is 0 Å². The fourth-order valence-electron chi connectivity index (χ4n) is 2.75. The van der Waals surface area contributed by atoms with E-state index in [0.717, 1.165) is 6.42 Å². The Labute approximate surface area is 88.5 Å². The predicted molar refractivity (Wildman–Crippen MR) is 64.7 cm³/mol. The minimum atomic E-state index is 1.08.